The van der Waals surface area contributed by atoms with Crippen LogP contribution in [0.2, 0.25) is 0 Å². The van der Waals surface area contributed by atoms with Crippen molar-refractivity contribution in [2.24, 2.45) is 0 Å². The van der Waals surface area contributed by atoms with E-state index in [1.54, 1.807) is 0 Å². The largest absolute Gasteiger partial charge is 0.486 e. The van der Waals surface area contributed by atoms with Crippen molar-refractivity contribution in [1.29, 1.82) is 0 Å². The van der Waals surface area contributed by atoms with Crippen molar-refractivity contribution in [3.63, 3.8) is 0 Å². The van der Waals surface area contributed by atoms with Gasteiger partial charge >= 0.3 is 0 Å². The molecule has 0 saturated carbocycles. The zero-order valence-electron chi connectivity index (χ0n) is 35.0. The molecular weight excluding hydrogens is 703 g/mol. The smallest absolute Gasteiger partial charge is 0.252 e. The number of ether oxygens (including phenoxy) is 4. The molecule has 6 aliphatic rings. The molecule has 0 amide bonds. The first kappa shape index (κ1) is 35.2. The minimum Gasteiger partial charge on any atom is -0.486 e. The predicted octanol–water partition coefficient (Wildman–Crippen LogP) is 10.3. The quantitative estimate of drug-likeness (QED) is 0.164. The molecule has 6 nitrogen and oxygen atoms in total. The van der Waals surface area contributed by atoms with Gasteiger partial charge in [-0.3, -0.25) is 0 Å². The zero-order chi connectivity index (χ0) is 39.4. The van der Waals surface area contributed by atoms with Gasteiger partial charge < -0.3 is 28.7 Å². The second-order valence-corrected chi connectivity index (χ2v) is 20.1. The maximum absolute atomic E-state index is 6.65. The van der Waals surface area contributed by atoms with Crippen LogP contribution in [0, 0.1) is 6.92 Å². The Morgan fingerprint density at radius 3 is 1.88 bits per heavy atom. The molecule has 0 unspecified atom stereocenters. The summed E-state index contributed by atoms with van der Waals surface area (Å²) >= 11 is 0. The summed E-state index contributed by atoms with van der Waals surface area (Å²) in [6, 6.07) is 28.0. The summed E-state index contributed by atoms with van der Waals surface area (Å²) in [7, 11) is 0. The summed E-state index contributed by atoms with van der Waals surface area (Å²) in [4.78, 5) is 5.00. The van der Waals surface area contributed by atoms with E-state index >= 15 is 0 Å². The molecule has 7 heteroatoms. The number of anilines is 6. The molecule has 5 aromatic rings. The lowest BCUT2D eigenvalue weighted by molar-refractivity contribution is 0.172. The molecule has 57 heavy (non-hydrogen) atoms. The molecule has 0 radical (unpaired) electrons. The average molecular weight is 757 g/mol. The SMILES string of the molecule is Cc1cc2c3c(c1)N(c1cccc4c1OCO4)c1c(ccc4c1OCCO4)B3c1cc3c(cc1N2c1ccc2c(c1)C(C)(C)CCC2(C)C)C(C)(C)CCC3(C)C. The highest BCUT2D eigenvalue weighted by Gasteiger charge is 2.49. The van der Waals surface area contributed by atoms with Gasteiger partial charge in [0, 0.05) is 22.7 Å². The van der Waals surface area contributed by atoms with E-state index in [0.717, 1.165) is 52.9 Å². The van der Waals surface area contributed by atoms with Crippen molar-refractivity contribution >= 4 is 57.2 Å². The molecule has 2 aliphatic carbocycles. The Hall–Kier alpha value is -5.04. The van der Waals surface area contributed by atoms with E-state index < -0.39 is 0 Å². The molecule has 290 valence electrons. The second-order valence-electron chi connectivity index (χ2n) is 20.1. The van der Waals surface area contributed by atoms with E-state index in [0.29, 0.717) is 13.2 Å². The summed E-state index contributed by atoms with van der Waals surface area (Å²) in [5.74, 6) is 3.06. The van der Waals surface area contributed by atoms with E-state index in [-0.39, 0.29) is 35.2 Å². The van der Waals surface area contributed by atoms with Crippen LogP contribution >= 0.6 is 0 Å². The Labute approximate surface area is 338 Å². The van der Waals surface area contributed by atoms with Gasteiger partial charge in [0.05, 0.1) is 11.4 Å². The molecule has 0 saturated heterocycles. The molecular formula is C50H53BN2O4. The molecule has 0 aromatic heterocycles. The molecule has 0 atom stereocenters. The van der Waals surface area contributed by atoms with E-state index in [4.69, 9.17) is 18.9 Å². The first-order valence-electron chi connectivity index (χ1n) is 21.0. The first-order valence-corrected chi connectivity index (χ1v) is 21.0. The van der Waals surface area contributed by atoms with Crippen LogP contribution in [0.3, 0.4) is 0 Å². The molecule has 0 bridgehead atoms. The van der Waals surface area contributed by atoms with Crippen LogP contribution < -0.4 is 45.1 Å². The van der Waals surface area contributed by atoms with E-state index in [2.05, 4.69) is 139 Å². The standard InChI is InChI=1S/C50H53BN2O4/c1-29-23-39-43-40(24-29)53(37-11-10-12-41-45(37)57-28-56-41)44-35(15-16-42-46(44)55-22-21-54-42)51(43)36-26-33-34(50(8,9)20-19-49(33,6)7)27-38(36)52(39)30-13-14-31-32(25-30)48(4,5)18-17-47(31,2)3/h10-16,23-27H,17-22,28H2,1-9H3. The van der Waals surface area contributed by atoms with E-state index in [1.807, 2.05) is 6.07 Å². The van der Waals surface area contributed by atoms with Gasteiger partial charge in [0.2, 0.25) is 6.79 Å². The van der Waals surface area contributed by atoms with E-state index in [1.165, 1.54) is 74.1 Å². The maximum Gasteiger partial charge on any atom is 0.252 e. The Morgan fingerprint density at radius 2 is 1.14 bits per heavy atom. The summed E-state index contributed by atoms with van der Waals surface area (Å²) < 4.78 is 25.2. The highest BCUT2D eigenvalue weighted by atomic mass is 16.7. The van der Waals surface area contributed by atoms with Gasteiger partial charge in [-0.1, -0.05) is 79.7 Å². The monoisotopic (exact) mass is 756 g/mol. The van der Waals surface area contributed by atoms with Crippen molar-refractivity contribution < 1.29 is 18.9 Å². The van der Waals surface area contributed by atoms with Crippen molar-refractivity contribution in [1.82, 2.24) is 0 Å². The Balaban J connectivity index is 1.26. The van der Waals surface area contributed by atoms with Crippen molar-refractivity contribution in [3.8, 4) is 23.0 Å². The van der Waals surface area contributed by atoms with Crippen LogP contribution in [-0.4, -0.2) is 26.7 Å². The van der Waals surface area contributed by atoms with Gasteiger partial charge in [-0.15, -0.1) is 0 Å². The third-order valence-corrected chi connectivity index (χ3v) is 14.6. The van der Waals surface area contributed by atoms with Gasteiger partial charge in [-0.25, -0.2) is 0 Å². The number of rotatable bonds is 2. The fraction of sp³-hybridized carbons (Fsp3) is 0.400. The summed E-state index contributed by atoms with van der Waals surface area (Å²) in [5, 5.41) is 0. The zero-order valence-corrected chi connectivity index (χ0v) is 35.0. The van der Waals surface area contributed by atoms with Gasteiger partial charge in [0.1, 0.15) is 13.2 Å². The van der Waals surface area contributed by atoms with Gasteiger partial charge in [0.15, 0.2) is 23.0 Å². The van der Waals surface area contributed by atoms with Crippen molar-refractivity contribution in [2.45, 2.75) is 110 Å². The van der Waals surface area contributed by atoms with E-state index in [9.17, 15) is 0 Å². The summed E-state index contributed by atoms with van der Waals surface area (Å²) in [6.07, 6.45) is 4.67. The van der Waals surface area contributed by atoms with Crippen LogP contribution in [0.15, 0.2) is 72.8 Å². The minimum absolute atomic E-state index is 0.0425. The topological polar surface area (TPSA) is 43.4 Å². The van der Waals surface area contributed by atoms with Crippen LogP contribution in [-0.2, 0) is 21.7 Å². The maximum atomic E-state index is 6.65. The third-order valence-electron chi connectivity index (χ3n) is 14.6. The molecule has 5 aromatic carbocycles. The lowest BCUT2D eigenvalue weighted by atomic mass is 9.33. The summed E-state index contributed by atoms with van der Waals surface area (Å²) in [5.41, 5.74) is 18.0. The molecule has 11 rings (SSSR count). The number of hydrogen-bond donors (Lipinski definition) is 0. The van der Waals surface area contributed by atoms with Gasteiger partial charge in [-0.05, 0) is 147 Å². The molecule has 4 aliphatic heterocycles. The number of fused-ring (bicyclic) bond motifs is 9. The number of benzene rings is 5. The normalized spacial score (nSPS) is 20.5. The lowest BCUT2D eigenvalue weighted by Gasteiger charge is -2.48. The highest BCUT2D eigenvalue weighted by molar-refractivity contribution is 7.00. The first-order chi connectivity index (χ1) is 27.1. The number of para-hydroxylation sites is 1. The second kappa shape index (κ2) is 11.5. The number of aryl methyl sites for hydroxylation is 1. The number of nitrogens with zero attached hydrogens (tertiary/aromatic N) is 2. The van der Waals surface area contributed by atoms with Gasteiger partial charge in [-0.2, -0.15) is 0 Å². The Bertz CT molecular complexity index is 2570. The summed E-state index contributed by atoms with van der Waals surface area (Å²) in [6.45, 7) is 22.9. The fourth-order valence-corrected chi connectivity index (χ4v) is 11.1. The van der Waals surface area contributed by atoms with Crippen LogP contribution in [0.4, 0.5) is 34.1 Å². The van der Waals surface area contributed by atoms with Crippen LogP contribution in [0.1, 0.15) is 109 Å². The highest BCUT2D eigenvalue weighted by Crippen LogP contribution is 2.56. The molecule has 4 heterocycles. The molecule has 0 N–H and O–H groups in total. The molecule has 0 spiro atoms. The minimum atomic E-state index is -0.0444. The lowest BCUT2D eigenvalue weighted by Crippen LogP contribution is -2.62. The van der Waals surface area contributed by atoms with Crippen molar-refractivity contribution in [2.75, 3.05) is 29.8 Å². The fourth-order valence-electron chi connectivity index (χ4n) is 11.1. The van der Waals surface area contributed by atoms with Crippen molar-refractivity contribution in [3.05, 3.63) is 101 Å². The average Bonchev–Trinajstić information content (AvgIpc) is 3.67. The third kappa shape index (κ3) is 4.90. The number of hydrogen-bond acceptors (Lipinski definition) is 6. The predicted molar refractivity (Wildman–Crippen MR) is 233 cm³/mol. The van der Waals surface area contributed by atoms with Gasteiger partial charge in [0.25, 0.3) is 6.71 Å². The Kier molecular flexibility index (Phi) is 7.12. The van der Waals surface area contributed by atoms with Crippen LogP contribution in [0.25, 0.3) is 0 Å². The van der Waals surface area contributed by atoms with Crippen LogP contribution in [0.5, 0.6) is 23.0 Å². The Morgan fingerprint density at radius 1 is 0.509 bits per heavy atom. The molecule has 0 fully saturated rings.